The lowest BCUT2D eigenvalue weighted by atomic mass is 9.85. The Hall–Kier alpha value is -0.570. The van der Waals surface area contributed by atoms with Gasteiger partial charge in [-0.1, -0.05) is 19.8 Å². The summed E-state index contributed by atoms with van der Waals surface area (Å²) >= 11 is 0. The molecule has 0 aromatic heterocycles. The van der Waals surface area contributed by atoms with Crippen LogP contribution in [-0.2, 0) is 9.53 Å². The molecule has 0 aromatic rings. The Morgan fingerprint density at radius 2 is 2.05 bits per heavy atom. The minimum Gasteiger partial charge on any atom is -0.466 e. The van der Waals surface area contributed by atoms with Gasteiger partial charge in [-0.15, -0.1) is 0 Å². The van der Waals surface area contributed by atoms with Crippen LogP contribution in [0.5, 0.6) is 0 Å². The van der Waals surface area contributed by atoms with E-state index in [0.29, 0.717) is 12.6 Å². The highest BCUT2D eigenvalue weighted by atomic mass is 16.5. The zero-order valence-corrected chi connectivity index (χ0v) is 12.5. The van der Waals surface area contributed by atoms with Crippen LogP contribution in [0.1, 0.15) is 58.8 Å². The van der Waals surface area contributed by atoms with Gasteiger partial charge in [0.1, 0.15) is 0 Å². The molecular weight excluding hydrogens is 238 g/mol. The van der Waals surface area contributed by atoms with E-state index in [1.807, 2.05) is 6.92 Å². The summed E-state index contributed by atoms with van der Waals surface area (Å²) in [6, 6.07) is 0.527. The van der Waals surface area contributed by atoms with Crippen molar-refractivity contribution in [1.82, 2.24) is 5.32 Å². The van der Waals surface area contributed by atoms with Crippen LogP contribution in [0.15, 0.2) is 0 Å². The highest BCUT2D eigenvalue weighted by molar-refractivity contribution is 5.72. The van der Waals surface area contributed by atoms with Crippen molar-refractivity contribution in [3.63, 3.8) is 0 Å². The number of rotatable bonds is 5. The lowest BCUT2D eigenvalue weighted by Gasteiger charge is -2.29. The fourth-order valence-corrected chi connectivity index (χ4v) is 3.69. The minimum absolute atomic E-state index is 0.0171. The van der Waals surface area contributed by atoms with Crippen molar-refractivity contribution in [3.8, 4) is 0 Å². The molecule has 2 aliphatic carbocycles. The predicted molar refractivity (Wildman–Crippen MR) is 76.9 cm³/mol. The van der Waals surface area contributed by atoms with Crippen molar-refractivity contribution in [1.29, 1.82) is 0 Å². The fraction of sp³-hybridized carbons (Fsp3) is 0.938. The van der Waals surface area contributed by atoms with Crippen LogP contribution in [0.2, 0.25) is 0 Å². The zero-order valence-electron chi connectivity index (χ0n) is 12.5. The van der Waals surface area contributed by atoms with Gasteiger partial charge in [-0.3, -0.25) is 4.79 Å². The molecule has 19 heavy (non-hydrogen) atoms. The number of esters is 1. The van der Waals surface area contributed by atoms with Gasteiger partial charge in [0.2, 0.25) is 0 Å². The van der Waals surface area contributed by atoms with Gasteiger partial charge in [0.25, 0.3) is 0 Å². The first-order valence-corrected chi connectivity index (χ1v) is 8.09. The molecule has 0 heterocycles. The van der Waals surface area contributed by atoms with Crippen LogP contribution in [0, 0.1) is 17.8 Å². The summed E-state index contributed by atoms with van der Waals surface area (Å²) in [5, 5.41) is 3.70. The van der Waals surface area contributed by atoms with Crippen molar-refractivity contribution in [2.45, 2.75) is 64.8 Å². The first-order chi connectivity index (χ1) is 9.19. The summed E-state index contributed by atoms with van der Waals surface area (Å²) in [7, 11) is 0. The Kier molecular flexibility index (Phi) is 5.68. The van der Waals surface area contributed by atoms with E-state index in [4.69, 9.17) is 4.74 Å². The lowest BCUT2D eigenvalue weighted by molar-refractivity contribution is -0.149. The van der Waals surface area contributed by atoms with E-state index in [1.165, 1.54) is 25.7 Å². The molecule has 0 aliphatic heterocycles. The minimum atomic E-state index is 0.0171. The van der Waals surface area contributed by atoms with Crippen molar-refractivity contribution in [2.24, 2.45) is 17.8 Å². The van der Waals surface area contributed by atoms with Gasteiger partial charge in [0.15, 0.2) is 0 Å². The summed E-state index contributed by atoms with van der Waals surface area (Å²) in [6.07, 6.45) is 8.50. The molecule has 2 saturated carbocycles. The Morgan fingerprint density at radius 1 is 1.21 bits per heavy atom. The highest BCUT2D eigenvalue weighted by Gasteiger charge is 2.29. The molecular formula is C16H29NO2. The number of carbonyl (C=O) groups is 1. The second-order valence-corrected chi connectivity index (χ2v) is 6.50. The third-order valence-corrected chi connectivity index (χ3v) is 4.79. The Labute approximate surface area is 117 Å². The normalized spacial score (nSPS) is 35.3. The van der Waals surface area contributed by atoms with E-state index in [9.17, 15) is 4.79 Å². The highest BCUT2D eigenvalue weighted by Crippen LogP contribution is 2.31. The smallest absolute Gasteiger partial charge is 0.308 e. The SMILES string of the molecule is CCOC(=O)C1CCCC(NCC2CCC(C)C2)C1. The summed E-state index contributed by atoms with van der Waals surface area (Å²) in [6.45, 7) is 5.90. The van der Waals surface area contributed by atoms with Crippen molar-refractivity contribution in [2.75, 3.05) is 13.2 Å². The van der Waals surface area contributed by atoms with E-state index < -0.39 is 0 Å². The molecule has 1 N–H and O–H groups in total. The van der Waals surface area contributed by atoms with Crippen molar-refractivity contribution >= 4 is 5.97 Å². The molecule has 0 aromatic carbocycles. The molecule has 110 valence electrons. The molecule has 3 nitrogen and oxygen atoms in total. The van der Waals surface area contributed by atoms with Gasteiger partial charge < -0.3 is 10.1 Å². The van der Waals surface area contributed by atoms with Crippen LogP contribution >= 0.6 is 0 Å². The van der Waals surface area contributed by atoms with Crippen LogP contribution in [0.4, 0.5) is 0 Å². The Bertz CT molecular complexity index is 292. The monoisotopic (exact) mass is 267 g/mol. The van der Waals surface area contributed by atoms with Gasteiger partial charge >= 0.3 is 5.97 Å². The maximum absolute atomic E-state index is 11.8. The lowest BCUT2D eigenvalue weighted by Crippen LogP contribution is -2.39. The number of hydrogen-bond donors (Lipinski definition) is 1. The molecule has 0 spiro atoms. The number of carbonyl (C=O) groups excluding carboxylic acids is 1. The van der Waals surface area contributed by atoms with Gasteiger partial charge in [-0.2, -0.15) is 0 Å². The third-order valence-electron chi connectivity index (χ3n) is 4.79. The summed E-state index contributed by atoms with van der Waals surface area (Å²) in [5.74, 6) is 1.92. The van der Waals surface area contributed by atoms with E-state index in [-0.39, 0.29) is 11.9 Å². The second kappa shape index (κ2) is 7.28. The largest absolute Gasteiger partial charge is 0.466 e. The van der Waals surface area contributed by atoms with Gasteiger partial charge in [0, 0.05) is 6.04 Å². The predicted octanol–water partition coefficient (Wildman–Crippen LogP) is 3.13. The van der Waals surface area contributed by atoms with Gasteiger partial charge in [-0.25, -0.2) is 0 Å². The number of nitrogens with one attached hydrogen (secondary N) is 1. The maximum Gasteiger partial charge on any atom is 0.308 e. The molecule has 0 saturated heterocycles. The Morgan fingerprint density at radius 3 is 2.74 bits per heavy atom. The average molecular weight is 267 g/mol. The first kappa shape index (κ1) is 14.8. The van der Waals surface area contributed by atoms with Crippen LogP contribution < -0.4 is 5.32 Å². The molecule has 0 radical (unpaired) electrons. The van der Waals surface area contributed by atoms with Gasteiger partial charge in [0.05, 0.1) is 12.5 Å². The quantitative estimate of drug-likeness (QED) is 0.778. The summed E-state index contributed by atoms with van der Waals surface area (Å²) in [5.41, 5.74) is 0. The second-order valence-electron chi connectivity index (χ2n) is 6.50. The molecule has 2 rings (SSSR count). The zero-order chi connectivity index (χ0) is 13.7. The third kappa shape index (κ3) is 4.48. The van der Waals surface area contributed by atoms with E-state index in [2.05, 4.69) is 12.2 Å². The van der Waals surface area contributed by atoms with E-state index >= 15 is 0 Å². The molecule has 0 amide bonds. The van der Waals surface area contributed by atoms with Crippen molar-refractivity contribution < 1.29 is 9.53 Å². The van der Waals surface area contributed by atoms with E-state index in [1.54, 1.807) is 0 Å². The topological polar surface area (TPSA) is 38.3 Å². The van der Waals surface area contributed by atoms with Gasteiger partial charge in [-0.05, 0) is 57.4 Å². The molecule has 2 fully saturated rings. The fourth-order valence-electron chi connectivity index (χ4n) is 3.69. The molecule has 0 bridgehead atoms. The number of ether oxygens (including phenoxy) is 1. The Balaban J connectivity index is 1.70. The standard InChI is InChI=1S/C16H29NO2/c1-3-19-16(18)14-5-4-6-15(10-14)17-11-13-8-7-12(2)9-13/h12-15,17H,3-11H2,1-2H3. The van der Waals surface area contributed by atoms with Crippen LogP contribution in [0.3, 0.4) is 0 Å². The van der Waals surface area contributed by atoms with Crippen LogP contribution in [0.25, 0.3) is 0 Å². The van der Waals surface area contributed by atoms with Crippen LogP contribution in [-0.4, -0.2) is 25.2 Å². The first-order valence-electron chi connectivity index (χ1n) is 8.09. The summed E-state index contributed by atoms with van der Waals surface area (Å²) in [4.78, 5) is 11.8. The average Bonchev–Trinajstić information content (AvgIpc) is 2.83. The maximum atomic E-state index is 11.8. The molecule has 4 atom stereocenters. The summed E-state index contributed by atoms with van der Waals surface area (Å²) < 4.78 is 5.15. The molecule has 4 unspecified atom stereocenters. The molecule has 3 heteroatoms. The van der Waals surface area contributed by atoms with E-state index in [0.717, 1.165) is 37.6 Å². The number of hydrogen-bond acceptors (Lipinski definition) is 3. The van der Waals surface area contributed by atoms with Crippen molar-refractivity contribution in [3.05, 3.63) is 0 Å². The molecule has 2 aliphatic rings.